The third-order valence-corrected chi connectivity index (χ3v) is 6.39. The highest BCUT2D eigenvalue weighted by Gasteiger charge is 2.34. The number of piperidine rings is 2. The molecule has 2 aliphatic heterocycles. The molecule has 2 unspecified atom stereocenters. The molecule has 2 fully saturated rings. The SMILES string of the molecule is Cc1cc(F)ccc1N1CCCC(NC(=O)NC2CCCN(c3ccc(F)cc3C)C2=O)C1=O. The van der Waals surface area contributed by atoms with Crippen LogP contribution in [0.25, 0.3) is 0 Å². The summed E-state index contributed by atoms with van der Waals surface area (Å²) in [7, 11) is 0. The highest BCUT2D eigenvalue weighted by molar-refractivity contribution is 6.02. The lowest BCUT2D eigenvalue weighted by atomic mass is 10.0. The number of anilines is 2. The van der Waals surface area contributed by atoms with Crippen LogP contribution < -0.4 is 20.4 Å². The number of carbonyl (C=O) groups is 3. The molecular weight excluding hydrogens is 442 g/mol. The van der Waals surface area contributed by atoms with Crippen LogP contribution in [0.2, 0.25) is 0 Å². The Morgan fingerprint density at radius 3 is 1.59 bits per heavy atom. The van der Waals surface area contributed by atoms with E-state index in [1.807, 2.05) is 0 Å². The molecule has 2 saturated heterocycles. The number of amides is 4. The van der Waals surface area contributed by atoms with E-state index in [2.05, 4.69) is 10.6 Å². The van der Waals surface area contributed by atoms with Gasteiger partial charge in [0.2, 0.25) is 11.8 Å². The van der Waals surface area contributed by atoms with Gasteiger partial charge in [-0.15, -0.1) is 0 Å². The Balaban J connectivity index is 1.40. The Labute approximate surface area is 197 Å². The summed E-state index contributed by atoms with van der Waals surface area (Å²) >= 11 is 0. The first-order valence-electron chi connectivity index (χ1n) is 11.5. The number of rotatable bonds is 4. The maximum absolute atomic E-state index is 13.5. The van der Waals surface area contributed by atoms with Gasteiger partial charge in [-0.3, -0.25) is 9.59 Å². The number of halogens is 2. The molecule has 2 atom stereocenters. The fourth-order valence-corrected chi connectivity index (χ4v) is 4.70. The number of nitrogens with one attached hydrogen (secondary N) is 2. The zero-order valence-electron chi connectivity index (χ0n) is 19.2. The number of nitrogens with zero attached hydrogens (tertiary/aromatic N) is 2. The number of hydrogen-bond donors (Lipinski definition) is 2. The third-order valence-electron chi connectivity index (χ3n) is 6.39. The number of carbonyl (C=O) groups excluding carboxylic acids is 3. The van der Waals surface area contributed by atoms with E-state index in [1.54, 1.807) is 35.8 Å². The fourth-order valence-electron chi connectivity index (χ4n) is 4.70. The van der Waals surface area contributed by atoms with E-state index in [-0.39, 0.29) is 23.4 Å². The lowest BCUT2D eigenvalue weighted by Crippen LogP contribution is -2.59. The van der Waals surface area contributed by atoms with Gasteiger partial charge in [-0.25, -0.2) is 13.6 Å². The third kappa shape index (κ3) is 4.88. The maximum Gasteiger partial charge on any atom is 0.316 e. The molecule has 0 aromatic heterocycles. The van der Waals surface area contributed by atoms with E-state index in [4.69, 9.17) is 0 Å². The molecule has 0 aliphatic carbocycles. The molecule has 34 heavy (non-hydrogen) atoms. The van der Waals surface area contributed by atoms with Crippen molar-refractivity contribution in [3.63, 3.8) is 0 Å². The number of aryl methyl sites for hydroxylation is 2. The standard InChI is InChI=1S/C25H28F2N4O3/c1-15-13-17(26)7-9-21(15)30-11-3-5-19(23(30)32)28-25(34)29-20-6-4-12-31(24(20)33)22-10-8-18(27)14-16(22)2/h7-10,13-14,19-20H,3-6,11-12H2,1-2H3,(H2,28,29,34). The summed E-state index contributed by atoms with van der Waals surface area (Å²) in [5.41, 5.74) is 2.52. The van der Waals surface area contributed by atoms with E-state index in [0.717, 1.165) is 0 Å². The second-order valence-corrected chi connectivity index (χ2v) is 8.85. The molecule has 9 heteroatoms. The van der Waals surface area contributed by atoms with Crippen molar-refractivity contribution >= 4 is 29.2 Å². The predicted octanol–water partition coefficient (Wildman–Crippen LogP) is 3.57. The molecule has 2 aromatic carbocycles. The first-order valence-corrected chi connectivity index (χ1v) is 11.5. The molecule has 4 amide bonds. The van der Waals surface area contributed by atoms with Gasteiger partial charge >= 0.3 is 6.03 Å². The summed E-state index contributed by atoms with van der Waals surface area (Å²) in [5, 5.41) is 5.41. The minimum absolute atomic E-state index is 0.269. The first-order chi connectivity index (χ1) is 16.2. The second kappa shape index (κ2) is 9.79. The van der Waals surface area contributed by atoms with Gasteiger partial charge in [0.1, 0.15) is 23.7 Å². The van der Waals surface area contributed by atoms with Crippen LogP contribution in [-0.2, 0) is 9.59 Å². The maximum atomic E-state index is 13.5. The summed E-state index contributed by atoms with van der Waals surface area (Å²) in [6, 6.07) is 6.41. The summed E-state index contributed by atoms with van der Waals surface area (Å²) in [6.07, 6.45) is 2.30. The highest BCUT2D eigenvalue weighted by Crippen LogP contribution is 2.27. The molecule has 180 valence electrons. The van der Waals surface area contributed by atoms with E-state index < -0.39 is 18.1 Å². The Hall–Kier alpha value is -3.49. The van der Waals surface area contributed by atoms with Crippen LogP contribution in [0.5, 0.6) is 0 Å². The fraction of sp³-hybridized carbons (Fsp3) is 0.400. The molecular formula is C25H28F2N4O3. The van der Waals surface area contributed by atoms with Crippen molar-refractivity contribution in [3.05, 3.63) is 59.2 Å². The van der Waals surface area contributed by atoms with Gasteiger partial charge in [0, 0.05) is 24.5 Å². The Morgan fingerprint density at radius 1 is 0.794 bits per heavy atom. The summed E-state index contributed by atoms with van der Waals surface area (Å²) in [6.45, 7) is 4.44. The van der Waals surface area contributed by atoms with Crippen molar-refractivity contribution in [2.45, 2.75) is 51.6 Å². The molecule has 7 nitrogen and oxygen atoms in total. The van der Waals surface area contributed by atoms with Gasteiger partial charge in [-0.1, -0.05) is 0 Å². The monoisotopic (exact) mass is 470 g/mol. The summed E-state index contributed by atoms with van der Waals surface area (Å²) in [4.78, 5) is 41.9. The van der Waals surface area contributed by atoms with E-state index in [1.165, 1.54) is 24.3 Å². The lowest BCUT2D eigenvalue weighted by Gasteiger charge is -2.35. The van der Waals surface area contributed by atoms with Crippen LogP contribution in [0.3, 0.4) is 0 Å². The summed E-state index contributed by atoms with van der Waals surface area (Å²) in [5.74, 6) is -1.28. The molecule has 0 bridgehead atoms. The minimum atomic E-state index is -0.743. The van der Waals surface area contributed by atoms with Crippen LogP contribution in [0, 0.1) is 25.5 Å². The van der Waals surface area contributed by atoms with Crippen molar-refractivity contribution in [1.82, 2.24) is 10.6 Å². The van der Waals surface area contributed by atoms with Crippen LogP contribution in [0.15, 0.2) is 36.4 Å². The van der Waals surface area contributed by atoms with E-state index in [0.29, 0.717) is 61.3 Å². The quantitative estimate of drug-likeness (QED) is 0.717. The van der Waals surface area contributed by atoms with Gasteiger partial charge < -0.3 is 20.4 Å². The van der Waals surface area contributed by atoms with E-state index in [9.17, 15) is 23.2 Å². The van der Waals surface area contributed by atoms with Crippen LogP contribution in [0.4, 0.5) is 25.0 Å². The molecule has 2 N–H and O–H groups in total. The Bertz CT molecular complexity index is 1040. The van der Waals surface area contributed by atoms with Gasteiger partial charge in [0.15, 0.2) is 0 Å². The number of urea groups is 1. The average molecular weight is 471 g/mol. The largest absolute Gasteiger partial charge is 0.326 e. The van der Waals surface area contributed by atoms with Crippen molar-refractivity contribution < 1.29 is 23.2 Å². The molecule has 2 aliphatic rings. The van der Waals surface area contributed by atoms with Gasteiger partial charge in [0.25, 0.3) is 0 Å². The van der Waals surface area contributed by atoms with Crippen LogP contribution in [-0.4, -0.2) is 43.0 Å². The van der Waals surface area contributed by atoms with Crippen molar-refractivity contribution in [2.24, 2.45) is 0 Å². The Morgan fingerprint density at radius 2 is 1.21 bits per heavy atom. The molecule has 0 radical (unpaired) electrons. The topological polar surface area (TPSA) is 81.8 Å². The average Bonchev–Trinajstić information content (AvgIpc) is 2.78. The van der Waals surface area contributed by atoms with Crippen LogP contribution >= 0.6 is 0 Å². The molecule has 0 saturated carbocycles. The normalized spacial score (nSPS) is 20.9. The second-order valence-electron chi connectivity index (χ2n) is 8.85. The predicted molar refractivity (Wildman–Crippen MR) is 125 cm³/mol. The first kappa shape index (κ1) is 23.7. The molecule has 2 heterocycles. The van der Waals surface area contributed by atoms with Crippen molar-refractivity contribution in [1.29, 1.82) is 0 Å². The van der Waals surface area contributed by atoms with E-state index >= 15 is 0 Å². The minimum Gasteiger partial charge on any atom is -0.326 e. The molecule has 2 aromatic rings. The van der Waals surface area contributed by atoms with Crippen molar-refractivity contribution in [3.8, 4) is 0 Å². The van der Waals surface area contributed by atoms with Crippen LogP contribution in [0.1, 0.15) is 36.8 Å². The van der Waals surface area contributed by atoms with Crippen molar-refractivity contribution in [2.75, 3.05) is 22.9 Å². The lowest BCUT2D eigenvalue weighted by molar-refractivity contribution is -0.121. The molecule has 0 spiro atoms. The van der Waals surface area contributed by atoms with Gasteiger partial charge in [-0.2, -0.15) is 0 Å². The highest BCUT2D eigenvalue weighted by atomic mass is 19.1. The smallest absolute Gasteiger partial charge is 0.316 e. The zero-order valence-corrected chi connectivity index (χ0v) is 19.2. The Kier molecular flexibility index (Phi) is 6.81. The zero-order chi connectivity index (χ0) is 24.4. The molecule has 4 rings (SSSR count). The number of benzene rings is 2. The number of hydrogen-bond acceptors (Lipinski definition) is 3. The van der Waals surface area contributed by atoms with Gasteiger partial charge in [0.05, 0.1) is 0 Å². The van der Waals surface area contributed by atoms with Gasteiger partial charge in [-0.05, 0) is 87.1 Å². The summed E-state index contributed by atoms with van der Waals surface area (Å²) < 4.78 is 26.9.